The highest BCUT2D eigenvalue weighted by Gasteiger charge is 2.36. The fraction of sp³-hybridized carbons (Fsp3) is 0.655. The summed E-state index contributed by atoms with van der Waals surface area (Å²) < 4.78 is 5.37. The second kappa shape index (κ2) is 16.0. The molecule has 9 heteroatoms. The molecule has 0 aromatic heterocycles. The van der Waals surface area contributed by atoms with Crippen molar-refractivity contribution in [1.82, 2.24) is 15.5 Å². The van der Waals surface area contributed by atoms with Gasteiger partial charge in [0.1, 0.15) is 17.7 Å². The largest absolute Gasteiger partial charge is 0.444 e. The number of benzene rings is 1. The first-order valence-electron chi connectivity index (χ1n) is 13.8. The van der Waals surface area contributed by atoms with Gasteiger partial charge in [-0.2, -0.15) is 0 Å². The zero-order valence-corrected chi connectivity index (χ0v) is 24.3. The molecular formula is C29H48N4O5. The number of unbranched alkanes of at least 4 members (excludes halogenated alkanes) is 1. The van der Waals surface area contributed by atoms with Gasteiger partial charge >= 0.3 is 6.09 Å². The van der Waals surface area contributed by atoms with Gasteiger partial charge in [0.05, 0.1) is 0 Å². The van der Waals surface area contributed by atoms with E-state index >= 15 is 0 Å². The minimum atomic E-state index is -1.09. The minimum absolute atomic E-state index is 0.00855. The van der Waals surface area contributed by atoms with E-state index in [4.69, 9.17) is 10.5 Å². The Balaban J connectivity index is 3.50. The molecule has 0 fully saturated rings. The average Bonchev–Trinajstić information content (AvgIpc) is 2.82. The number of nitrogens with one attached hydrogen (secondary N) is 2. The van der Waals surface area contributed by atoms with Crippen molar-refractivity contribution < 1.29 is 23.9 Å². The van der Waals surface area contributed by atoms with Crippen LogP contribution in [0.4, 0.5) is 4.79 Å². The molecule has 4 N–H and O–H groups in total. The molecular weight excluding hydrogens is 484 g/mol. The van der Waals surface area contributed by atoms with Gasteiger partial charge < -0.3 is 26.0 Å². The van der Waals surface area contributed by atoms with Crippen LogP contribution in [0.2, 0.25) is 0 Å². The predicted molar refractivity (Wildman–Crippen MR) is 149 cm³/mol. The van der Waals surface area contributed by atoms with Gasteiger partial charge in [0.25, 0.3) is 0 Å². The highest BCUT2D eigenvalue weighted by Crippen LogP contribution is 2.25. The third-order valence-corrected chi connectivity index (χ3v) is 6.08. The molecule has 9 nitrogen and oxygen atoms in total. The Labute approximate surface area is 228 Å². The SMILES string of the molecule is CCCCN(C(=O)C(CCC(N)=O)NC(=O)OC(C)(C)C)C(C(=O)NC(C)CCC)c1ccc(CC)cc1. The third-order valence-electron chi connectivity index (χ3n) is 6.08. The number of nitrogens with zero attached hydrogens (tertiary/aromatic N) is 1. The summed E-state index contributed by atoms with van der Waals surface area (Å²) in [7, 11) is 0. The number of carbonyl (C=O) groups is 4. The van der Waals surface area contributed by atoms with Crippen molar-refractivity contribution in [2.45, 2.75) is 117 Å². The molecule has 0 radical (unpaired) electrons. The lowest BCUT2D eigenvalue weighted by Gasteiger charge is -2.35. The van der Waals surface area contributed by atoms with Gasteiger partial charge in [0.2, 0.25) is 17.7 Å². The summed E-state index contributed by atoms with van der Waals surface area (Å²) in [6, 6.07) is 5.59. The maximum atomic E-state index is 14.0. The molecule has 3 atom stereocenters. The van der Waals surface area contributed by atoms with Crippen molar-refractivity contribution in [2.75, 3.05) is 6.54 Å². The summed E-state index contributed by atoms with van der Waals surface area (Å²) in [5.41, 5.74) is 6.39. The number of nitrogens with two attached hydrogens (primary N) is 1. The van der Waals surface area contributed by atoms with E-state index in [0.29, 0.717) is 18.5 Å². The molecule has 1 aromatic carbocycles. The lowest BCUT2D eigenvalue weighted by atomic mass is 9.99. The number of hydrogen-bond acceptors (Lipinski definition) is 5. The fourth-order valence-corrected chi connectivity index (χ4v) is 4.12. The second-order valence-corrected chi connectivity index (χ2v) is 10.8. The molecule has 1 rings (SSSR count). The summed E-state index contributed by atoms with van der Waals surface area (Å²) >= 11 is 0. The van der Waals surface area contributed by atoms with Crippen molar-refractivity contribution in [1.29, 1.82) is 0 Å². The number of rotatable bonds is 15. The monoisotopic (exact) mass is 532 g/mol. The normalized spacial score (nSPS) is 13.7. The zero-order valence-electron chi connectivity index (χ0n) is 24.3. The maximum Gasteiger partial charge on any atom is 0.408 e. The Morgan fingerprint density at radius 2 is 1.61 bits per heavy atom. The zero-order chi connectivity index (χ0) is 28.9. The molecule has 4 amide bonds. The fourth-order valence-electron chi connectivity index (χ4n) is 4.12. The summed E-state index contributed by atoms with van der Waals surface area (Å²) in [5.74, 6) is -1.34. The van der Waals surface area contributed by atoms with Gasteiger partial charge in [0, 0.05) is 19.0 Å². The standard InChI is InChI=1S/C29H48N4O5/c1-8-11-19-33(27(36)23(17-18-24(30)34)32-28(37)38-29(5,6)7)25(26(35)31-20(4)12-9-2)22-15-13-21(10-3)14-16-22/h13-16,20,23,25H,8-12,17-19H2,1-7H3,(H2,30,34)(H,31,35)(H,32,37). The smallest absolute Gasteiger partial charge is 0.408 e. The number of primary amides is 1. The minimum Gasteiger partial charge on any atom is -0.444 e. The average molecular weight is 533 g/mol. The molecule has 0 heterocycles. The van der Waals surface area contributed by atoms with Crippen molar-refractivity contribution in [3.05, 3.63) is 35.4 Å². The van der Waals surface area contributed by atoms with Crippen LogP contribution in [0.15, 0.2) is 24.3 Å². The Bertz CT molecular complexity index is 911. The molecule has 0 spiro atoms. The number of ether oxygens (including phenoxy) is 1. The van der Waals surface area contributed by atoms with Gasteiger partial charge in [-0.05, 0) is 64.5 Å². The second-order valence-electron chi connectivity index (χ2n) is 10.8. The summed E-state index contributed by atoms with van der Waals surface area (Å²) in [6.45, 7) is 13.5. The molecule has 3 unspecified atom stereocenters. The third kappa shape index (κ3) is 11.5. The van der Waals surface area contributed by atoms with Crippen LogP contribution in [0, 0.1) is 0 Å². The van der Waals surface area contributed by atoms with Crippen LogP contribution in [-0.2, 0) is 25.5 Å². The topological polar surface area (TPSA) is 131 Å². The van der Waals surface area contributed by atoms with Crippen LogP contribution >= 0.6 is 0 Å². The molecule has 0 aliphatic carbocycles. The molecule has 0 saturated heterocycles. The molecule has 0 bridgehead atoms. The lowest BCUT2D eigenvalue weighted by Crippen LogP contribution is -2.54. The van der Waals surface area contributed by atoms with Crippen molar-refractivity contribution in [2.24, 2.45) is 5.73 Å². The van der Waals surface area contributed by atoms with Gasteiger partial charge in [0.15, 0.2) is 0 Å². The molecule has 0 aliphatic rings. The van der Waals surface area contributed by atoms with E-state index in [1.165, 1.54) is 4.90 Å². The first kappa shape index (κ1) is 32.9. The number of carbonyl (C=O) groups excluding carboxylic acids is 4. The van der Waals surface area contributed by atoms with E-state index in [-0.39, 0.29) is 24.8 Å². The van der Waals surface area contributed by atoms with Gasteiger partial charge in [-0.3, -0.25) is 14.4 Å². The Kier molecular flexibility index (Phi) is 13.9. The molecule has 38 heavy (non-hydrogen) atoms. The predicted octanol–water partition coefficient (Wildman–Crippen LogP) is 4.38. The van der Waals surface area contributed by atoms with Gasteiger partial charge in [-0.15, -0.1) is 0 Å². The number of amides is 4. The number of alkyl carbamates (subject to hydrolysis) is 1. The van der Waals surface area contributed by atoms with E-state index in [1.807, 2.05) is 52.0 Å². The van der Waals surface area contributed by atoms with Crippen LogP contribution < -0.4 is 16.4 Å². The van der Waals surface area contributed by atoms with E-state index in [0.717, 1.165) is 31.2 Å². The Morgan fingerprint density at radius 3 is 2.11 bits per heavy atom. The maximum absolute atomic E-state index is 14.0. The van der Waals surface area contributed by atoms with E-state index in [2.05, 4.69) is 10.6 Å². The van der Waals surface area contributed by atoms with Crippen LogP contribution in [-0.4, -0.2) is 52.9 Å². The lowest BCUT2D eigenvalue weighted by molar-refractivity contribution is -0.143. The van der Waals surface area contributed by atoms with Crippen molar-refractivity contribution in [3.8, 4) is 0 Å². The summed E-state index contributed by atoms with van der Waals surface area (Å²) in [4.78, 5) is 53.5. The molecule has 0 saturated carbocycles. The van der Waals surface area contributed by atoms with E-state index in [9.17, 15) is 19.2 Å². The van der Waals surface area contributed by atoms with Crippen LogP contribution in [0.25, 0.3) is 0 Å². The van der Waals surface area contributed by atoms with Crippen LogP contribution in [0.3, 0.4) is 0 Å². The summed E-state index contributed by atoms with van der Waals surface area (Å²) in [6.07, 6.45) is 3.11. The first-order valence-corrected chi connectivity index (χ1v) is 13.8. The van der Waals surface area contributed by atoms with Crippen molar-refractivity contribution >= 4 is 23.8 Å². The molecule has 0 aliphatic heterocycles. The highest BCUT2D eigenvalue weighted by atomic mass is 16.6. The first-order chi connectivity index (χ1) is 17.8. The van der Waals surface area contributed by atoms with Crippen molar-refractivity contribution in [3.63, 3.8) is 0 Å². The number of hydrogen-bond donors (Lipinski definition) is 3. The van der Waals surface area contributed by atoms with Crippen LogP contribution in [0.5, 0.6) is 0 Å². The van der Waals surface area contributed by atoms with E-state index < -0.39 is 35.6 Å². The van der Waals surface area contributed by atoms with E-state index in [1.54, 1.807) is 20.8 Å². The van der Waals surface area contributed by atoms with Gasteiger partial charge in [-0.25, -0.2) is 4.79 Å². The number of aryl methyl sites for hydroxylation is 1. The quantitative estimate of drug-likeness (QED) is 0.308. The molecule has 1 aromatic rings. The van der Waals surface area contributed by atoms with Crippen LogP contribution in [0.1, 0.15) is 104 Å². The Morgan fingerprint density at radius 1 is 0.974 bits per heavy atom. The molecule has 214 valence electrons. The van der Waals surface area contributed by atoms with Gasteiger partial charge in [-0.1, -0.05) is 57.9 Å². The highest BCUT2D eigenvalue weighted by molar-refractivity contribution is 5.92. The Hall–Kier alpha value is -3.10. The summed E-state index contributed by atoms with van der Waals surface area (Å²) in [5, 5.41) is 5.68.